The number of hydrogen-bond donors (Lipinski definition) is 1. The number of rotatable bonds is 4. The van der Waals surface area contributed by atoms with Gasteiger partial charge in [-0.2, -0.15) is 0 Å². The van der Waals surface area contributed by atoms with Crippen LogP contribution in [0.1, 0.15) is 25.7 Å². The first-order valence-corrected chi connectivity index (χ1v) is 7.18. The third-order valence-electron chi connectivity index (χ3n) is 3.97. The Balaban J connectivity index is 1.99. The van der Waals surface area contributed by atoms with Gasteiger partial charge >= 0.3 is 0 Å². The van der Waals surface area contributed by atoms with Crippen molar-refractivity contribution in [1.82, 2.24) is 9.97 Å². The highest BCUT2D eigenvalue weighted by Crippen LogP contribution is 2.27. The smallest absolute Gasteiger partial charge is 0.161 e. The lowest BCUT2D eigenvalue weighted by molar-refractivity contribution is 0.297. The van der Waals surface area contributed by atoms with Crippen molar-refractivity contribution in [2.75, 3.05) is 18.1 Å². The molecule has 0 saturated heterocycles. The minimum absolute atomic E-state index is 0.0218. The maximum Gasteiger partial charge on any atom is 0.161 e. The van der Waals surface area contributed by atoms with E-state index < -0.39 is 11.6 Å². The van der Waals surface area contributed by atoms with Crippen LogP contribution in [0.4, 0.5) is 14.6 Å². The highest BCUT2D eigenvalue weighted by Gasteiger charge is 2.24. The molecular weight excluding hydrogens is 276 g/mol. The quantitative estimate of drug-likeness (QED) is 0.941. The summed E-state index contributed by atoms with van der Waals surface area (Å²) in [7, 11) is 0. The molecule has 112 valence electrons. The maximum absolute atomic E-state index is 13.3. The fourth-order valence-corrected chi connectivity index (χ4v) is 2.94. The lowest BCUT2D eigenvalue weighted by atomic mass is 10.2. The number of nitrogens with zero attached hydrogens (tertiary/aromatic N) is 3. The zero-order chi connectivity index (χ0) is 14.8. The van der Waals surface area contributed by atoms with Crippen LogP contribution in [-0.4, -0.2) is 34.3 Å². The Kier molecular flexibility index (Phi) is 3.96. The highest BCUT2D eigenvalue weighted by atomic mass is 19.2. The summed E-state index contributed by atoms with van der Waals surface area (Å²) in [5.74, 6) is -1.24. The summed E-state index contributed by atoms with van der Waals surface area (Å²) >= 11 is 0. The second-order valence-corrected chi connectivity index (χ2v) is 5.34. The molecule has 1 saturated carbocycles. The van der Waals surface area contributed by atoms with Crippen LogP contribution >= 0.6 is 0 Å². The van der Waals surface area contributed by atoms with E-state index in [4.69, 9.17) is 0 Å². The van der Waals surface area contributed by atoms with Crippen LogP contribution in [0.5, 0.6) is 0 Å². The first-order valence-electron chi connectivity index (χ1n) is 7.18. The summed E-state index contributed by atoms with van der Waals surface area (Å²) < 4.78 is 26.5. The molecule has 0 unspecified atom stereocenters. The average molecular weight is 293 g/mol. The van der Waals surface area contributed by atoms with E-state index in [0.717, 1.165) is 37.8 Å². The molecule has 3 rings (SSSR count). The van der Waals surface area contributed by atoms with E-state index in [1.807, 2.05) is 4.90 Å². The fraction of sp³-hybridized carbons (Fsp3) is 0.467. The van der Waals surface area contributed by atoms with Gasteiger partial charge in [0.2, 0.25) is 0 Å². The maximum atomic E-state index is 13.3. The van der Waals surface area contributed by atoms with Gasteiger partial charge in [0.05, 0.1) is 23.8 Å². The van der Waals surface area contributed by atoms with Crippen LogP contribution in [-0.2, 0) is 0 Å². The number of anilines is 1. The van der Waals surface area contributed by atoms with Gasteiger partial charge in [0.1, 0.15) is 5.82 Å². The summed E-state index contributed by atoms with van der Waals surface area (Å²) in [6, 6.07) is 2.44. The van der Waals surface area contributed by atoms with Crippen LogP contribution in [0.15, 0.2) is 18.3 Å². The third-order valence-corrected chi connectivity index (χ3v) is 3.97. The van der Waals surface area contributed by atoms with Crippen molar-refractivity contribution in [3.63, 3.8) is 0 Å². The summed E-state index contributed by atoms with van der Waals surface area (Å²) in [6.45, 7) is 0.489. The number of halogens is 2. The minimum Gasteiger partial charge on any atom is -0.395 e. The Morgan fingerprint density at radius 1 is 1.14 bits per heavy atom. The molecule has 6 heteroatoms. The summed E-state index contributed by atoms with van der Waals surface area (Å²) in [4.78, 5) is 10.6. The molecule has 2 aromatic rings. The van der Waals surface area contributed by atoms with E-state index >= 15 is 0 Å². The van der Waals surface area contributed by atoms with Gasteiger partial charge < -0.3 is 10.0 Å². The second kappa shape index (κ2) is 5.89. The zero-order valence-electron chi connectivity index (χ0n) is 11.6. The van der Waals surface area contributed by atoms with Crippen molar-refractivity contribution >= 4 is 16.9 Å². The van der Waals surface area contributed by atoms with Crippen LogP contribution in [0, 0.1) is 11.6 Å². The van der Waals surface area contributed by atoms with Gasteiger partial charge in [-0.3, -0.25) is 4.98 Å². The minimum atomic E-state index is -0.927. The molecule has 0 amide bonds. The summed E-state index contributed by atoms with van der Waals surface area (Å²) in [6.07, 6.45) is 5.99. The topological polar surface area (TPSA) is 49.2 Å². The number of aromatic nitrogens is 2. The van der Waals surface area contributed by atoms with Gasteiger partial charge in [-0.05, 0) is 12.8 Å². The molecule has 1 N–H and O–H groups in total. The van der Waals surface area contributed by atoms with E-state index in [1.165, 1.54) is 0 Å². The molecule has 1 fully saturated rings. The van der Waals surface area contributed by atoms with E-state index in [1.54, 1.807) is 6.20 Å². The third kappa shape index (κ3) is 2.81. The first kappa shape index (κ1) is 14.1. The lowest BCUT2D eigenvalue weighted by Gasteiger charge is -2.29. The van der Waals surface area contributed by atoms with Crippen LogP contribution in [0.3, 0.4) is 0 Å². The van der Waals surface area contributed by atoms with Gasteiger partial charge in [-0.15, -0.1) is 0 Å². The average Bonchev–Trinajstić information content (AvgIpc) is 2.99. The van der Waals surface area contributed by atoms with Crippen molar-refractivity contribution in [3.8, 4) is 0 Å². The number of hydrogen-bond acceptors (Lipinski definition) is 4. The predicted molar refractivity (Wildman–Crippen MR) is 76.1 cm³/mol. The standard InChI is InChI=1S/C15H17F2N3O/c16-11-7-13-14(8-12(11)17)19-15(9-18-13)20(5-6-21)10-3-1-2-4-10/h7-10,21H,1-6H2. The SMILES string of the molecule is OCCN(c1cnc2cc(F)c(F)cc2n1)C1CCCC1. The Morgan fingerprint density at radius 2 is 1.81 bits per heavy atom. The Morgan fingerprint density at radius 3 is 2.48 bits per heavy atom. The molecular formula is C15H17F2N3O. The Labute approximate surface area is 121 Å². The van der Waals surface area contributed by atoms with E-state index in [-0.39, 0.29) is 6.61 Å². The van der Waals surface area contributed by atoms with Gasteiger partial charge in [-0.25, -0.2) is 13.8 Å². The normalized spacial score (nSPS) is 15.8. The Hall–Kier alpha value is -1.82. The first-order chi connectivity index (χ1) is 10.2. The van der Waals surface area contributed by atoms with Gasteiger partial charge in [0, 0.05) is 24.7 Å². The van der Waals surface area contributed by atoms with Crippen LogP contribution in [0.2, 0.25) is 0 Å². The van der Waals surface area contributed by atoms with Gasteiger partial charge in [-0.1, -0.05) is 12.8 Å². The van der Waals surface area contributed by atoms with Gasteiger partial charge in [0.25, 0.3) is 0 Å². The molecule has 1 aromatic carbocycles. The van der Waals surface area contributed by atoms with E-state index in [0.29, 0.717) is 29.4 Å². The molecule has 0 spiro atoms. The molecule has 21 heavy (non-hydrogen) atoms. The second-order valence-electron chi connectivity index (χ2n) is 5.34. The highest BCUT2D eigenvalue weighted by molar-refractivity contribution is 5.75. The van der Waals surface area contributed by atoms with Gasteiger partial charge in [0.15, 0.2) is 11.6 Å². The molecule has 1 aromatic heterocycles. The zero-order valence-corrected chi connectivity index (χ0v) is 11.6. The molecule has 0 radical (unpaired) electrons. The van der Waals surface area contributed by atoms with Crippen molar-refractivity contribution < 1.29 is 13.9 Å². The molecule has 1 aliphatic carbocycles. The monoisotopic (exact) mass is 293 g/mol. The van der Waals surface area contributed by atoms with E-state index in [2.05, 4.69) is 9.97 Å². The van der Waals surface area contributed by atoms with E-state index in [9.17, 15) is 13.9 Å². The van der Waals surface area contributed by atoms with Crippen molar-refractivity contribution in [2.45, 2.75) is 31.7 Å². The van der Waals surface area contributed by atoms with Crippen LogP contribution in [0.25, 0.3) is 11.0 Å². The summed E-state index contributed by atoms with van der Waals surface area (Å²) in [5.41, 5.74) is 0.653. The number of benzene rings is 1. The number of aliphatic hydroxyl groups is 1. The largest absolute Gasteiger partial charge is 0.395 e. The molecule has 0 aliphatic heterocycles. The van der Waals surface area contributed by atoms with Crippen molar-refractivity contribution in [3.05, 3.63) is 30.0 Å². The predicted octanol–water partition coefficient (Wildman–Crippen LogP) is 2.65. The number of fused-ring (bicyclic) bond motifs is 1. The summed E-state index contributed by atoms with van der Waals surface area (Å²) in [5, 5.41) is 9.25. The fourth-order valence-electron chi connectivity index (χ4n) is 2.94. The molecule has 4 nitrogen and oxygen atoms in total. The number of aliphatic hydroxyl groups excluding tert-OH is 1. The molecule has 0 bridgehead atoms. The van der Waals surface area contributed by atoms with Crippen LogP contribution < -0.4 is 4.90 Å². The molecule has 1 aliphatic rings. The lowest BCUT2D eigenvalue weighted by Crippen LogP contribution is -2.36. The van der Waals surface area contributed by atoms with Crippen molar-refractivity contribution in [2.24, 2.45) is 0 Å². The van der Waals surface area contributed by atoms with Crippen molar-refractivity contribution in [1.29, 1.82) is 0 Å². The molecule has 1 heterocycles. The molecule has 0 atom stereocenters. The Bertz CT molecular complexity index is 644.